The first-order valence-electron chi connectivity index (χ1n) is 14.1. The Morgan fingerprint density at radius 3 is 1.69 bits per heavy atom. The van der Waals surface area contributed by atoms with Crippen LogP contribution in [0.25, 0.3) is 21.9 Å². The fraction of sp³-hybridized carbons (Fsp3) is 0.0263. The zero-order valence-electron chi connectivity index (χ0n) is 22.5. The average Bonchev–Trinajstić information content (AvgIpc) is 3.05. The van der Waals surface area contributed by atoms with Crippen LogP contribution in [0.2, 0.25) is 0 Å². The van der Waals surface area contributed by atoms with Crippen molar-refractivity contribution in [1.82, 2.24) is 0 Å². The highest BCUT2D eigenvalue weighted by Crippen LogP contribution is 2.62. The monoisotopic (exact) mass is 541 g/mol. The Balaban J connectivity index is 1.37. The van der Waals surface area contributed by atoms with Crippen LogP contribution in [0.4, 0.5) is 17.1 Å². The minimum absolute atomic E-state index is 0.0211. The second kappa shape index (κ2) is 8.45. The van der Waals surface area contributed by atoms with Gasteiger partial charge < -0.3 is 14.1 Å². The zero-order valence-corrected chi connectivity index (χ0v) is 22.5. The topological polar surface area (TPSA) is 42.7 Å². The molecule has 9 rings (SSSR count). The van der Waals surface area contributed by atoms with Crippen LogP contribution in [-0.2, 0) is 5.41 Å². The molecule has 42 heavy (non-hydrogen) atoms. The second-order valence-corrected chi connectivity index (χ2v) is 10.8. The van der Waals surface area contributed by atoms with E-state index in [2.05, 4.69) is 89.8 Å². The lowest BCUT2D eigenvalue weighted by Crippen LogP contribution is -2.39. The number of benzene rings is 6. The Morgan fingerprint density at radius 2 is 1.02 bits per heavy atom. The summed E-state index contributed by atoms with van der Waals surface area (Å²) in [6.07, 6.45) is 0. The summed E-state index contributed by atoms with van der Waals surface area (Å²) < 4.78 is 12.8. The highest BCUT2D eigenvalue weighted by molar-refractivity contribution is 5.95. The number of hydrogen-bond acceptors (Lipinski definition) is 4. The normalized spacial score (nSPS) is 14.1. The second-order valence-electron chi connectivity index (χ2n) is 10.8. The summed E-state index contributed by atoms with van der Waals surface area (Å²) in [5.74, 6) is 1.71. The molecule has 0 aliphatic carbocycles. The number of fused-ring (bicyclic) bond motifs is 10. The van der Waals surface area contributed by atoms with Gasteiger partial charge in [0.2, 0.25) is 5.43 Å². The Bertz CT molecular complexity index is 2190. The summed E-state index contributed by atoms with van der Waals surface area (Å²) in [6.45, 7) is 0. The van der Waals surface area contributed by atoms with E-state index in [4.69, 9.17) is 9.15 Å². The molecule has 3 heterocycles. The van der Waals surface area contributed by atoms with Crippen LogP contribution in [-0.4, -0.2) is 0 Å². The van der Waals surface area contributed by atoms with E-state index in [1.165, 1.54) is 0 Å². The number of para-hydroxylation sites is 5. The van der Waals surface area contributed by atoms with Gasteiger partial charge in [0, 0.05) is 22.9 Å². The molecule has 0 radical (unpaired) electrons. The smallest absolute Gasteiger partial charge is 0.200 e. The summed E-state index contributed by atoms with van der Waals surface area (Å²) in [7, 11) is 0. The maximum absolute atomic E-state index is 13.3. The van der Waals surface area contributed by atoms with Crippen molar-refractivity contribution in [2.75, 3.05) is 4.90 Å². The lowest BCUT2D eigenvalue weighted by Gasteiger charge is -2.48. The van der Waals surface area contributed by atoms with Gasteiger partial charge in [-0.1, -0.05) is 84.9 Å². The molecule has 0 amide bonds. The van der Waals surface area contributed by atoms with E-state index in [0.717, 1.165) is 50.8 Å². The Morgan fingerprint density at radius 1 is 0.500 bits per heavy atom. The lowest BCUT2D eigenvalue weighted by molar-refractivity contribution is 0.434. The van der Waals surface area contributed by atoms with Crippen LogP contribution < -0.4 is 15.1 Å². The Kier molecular flexibility index (Phi) is 4.65. The minimum atomic E-state index is -0.589. The van der Waals surface area contributed by atoms with Crippen molar-refractivity contribution < 1.29 is 9.15 Å². The van der Waals surface area contributed by atoms with Crippen molar-refractivity contribution in [3.63, 3.8) is 0 Å². The molecule has 2 aliphatic rings. The zero-order chi connectivity index (χ0) is 27.8. The van der Waals surface area contributed by atoms with Crippen LogP contribution >= 0.6 is 0 Å². The van der Waals surface area contributed by atoms with Crippen LogP contribution in [0.3, 0.4) is 0 Å². The largest absolute Gasteiger partial charge is 0.457 e. The van der Waals surface area contributed by atoms with Crippen LogP contribution in [0.5, 0.6) is 11.5 Å². The van der Waals surface area contributed by atoms with Gasteiger partial charge in [-0.15, -0.1) is 0 Å². The van der Waals surface area contributed by atoms with E-state index in [9.17, 15) is 4.79 Å². The fourth-order valence-electron chi connectivity index (χ4n) is 7.03. The van der Waals surface area contributed by atoms with E-state index in [1.54, 1.807) is 0 Å². The molecule has 6 aromatic carbocycles. The molecule has 1 spiro atoms. The third kappa shape index (κ3) is 2.93. The van der Waals surface area contributed by atoms with Gasteiger partial charge in [-0.25, -0.2) is 0 Å². The molecular weight excluding hydrogens is 518 g/mol. The van der Waals surface area contributed by atoms with Gasteiger partial charge in [0.05, 0.1) is 27.6 Å². The Hall–Kier alpha value is -5.61. The standard InChI is InChI=1S/C38H23NO3/c40-37-25-11-1-8-18-33(25)41-36-23-24(21-22-26(36)37)39-31-16-6-2-12-27(31)38(28-13-3-7-17-32(28)39)29-14-4-9-19-34(29)42-35-20-10-5-15-30(35)38/h1-23H. The highest BCUT2D eigenvalue weighted by atomic mass is 16.5. The van der Waals surface area contributed by atoms with Gasteiger partial charge in [-0.3, -0.25) is 4.79 Å². The number of anilines is 3. The summed E-state index contributed by atoms with van der Waals surface area (Å²) >= 11 is 0. The number of rotatable bonds is 1. The molecule has 7 aromatic rings. The predicted molar refractivity (Wildman–Crippen MR) is 167 cm³/mol. The molecule has 0 unspecified atom stereocenters. The van der Waals surface area contributed by atoms with Crippen molar-refractivity contribution in [3.05, 3.63) is 172 Å². The minimum Gasteiger partial charge on any atom is -0.457 e. The third-order valence-electron chi connectivity index (χ3n) is 8.72. The summed E-state index contributed by atoms with van der Waals surface area (Å²) in [5.41, 5.74) is 8.12. The van der Waals surface area contributed by atoms with Gasteiger partial charge in [0.25, 0.3) is 0 Å². The van der Waals surface area contributed by atoms with E-state index >= 15 is 0 Å². The van der Waals surface area contributed by atoms with Gasteiger partial charge in [0.1, 0.15) is 22.7 Å². The van der Waals surface area contributed by atoms with Gasteiger partial charge in [-0.05, 0) is 59.7 Å². The first-order valence-corrected chi connectivity index (χ1v) is 14.1. The van der Waals surface area contributed by atoms with Gasteiger partial charge in [0.15, 0.2) is 0 Å². The SMILES string of the molecule is O=c1c2ccccc2oc2cc(N3c4ccccc4C4(c5ccccc5Oc5ccccc54)c4ccccc43)ccc12. The molecule has 4 heteroatoms. The molecule has 1 aromatic heterocycles. The molecule has 0 saturated heterocycles. The van der Waals surface area contributed by atoms with E-state index in [-0.39, 0.29) is 5.43 Å². The summed E-state index contributed by atoms with van der Waals surface area (Å²) in [5, 5.41) is 1.16. The molecular formula is C38H23NO3. The number of ether oxygens (including phenoxy) is 1. The Labute approximate surface area is 241 Å². The van der Waals surface area contributed by atoms with Crippen molar-refractivity contribution in [2.45, 2.75) is 5.41 Å². The van der Waals surface area contributed by atoms with E-state index < -0.39 is 5.41 Å². The van der Waals surface area contributed by atoms with E-state index in [0.29, 0.717) is 21.9 Å². The van der Waals surface area contributed by atoms with Crippen molar-refractivity contribution in [2.24, 2.45) is 0 Å². The predicted octanol–water partition coefficient (Wildman–Crippen LogP) is 9.22. The number of nitrogens with zero attached hydrogens (tertiary/aromatic N) is 1. The summed E-state index contributed by atoms with van der Waals surface area (Å²) in [4.78, 5) is 15.6. The molecule has 0 N–H and O–H groups in total. The molecule has 2 aliphatic heterocycles. The van der Waals surface area contributed by atoms with Crippen molar-refractivity contribution >= 4 is 39.0 Å². The quantitative estimate of drug-likeness (QED) is 0.194. The maximum atomic E-state index is 13.3. The maximum Gasteiger partial charge on any atom is 0.200 e. The molecule has 0 bridgehead atoms. The molecule has 0 atom stereocenters. The summed E-state index contributed by atoms with van der Waals surface area (Å²) in [6, 6.07) is 47.2. The molecule has 198 valence electrons. The molecule has 4 nitrogen and oxygen atoms in total. The fourth-order valence-corrected chi connectivity index (χ4v) is 7.03. The first kappa shape index (κ1) is 23.1. The number of hydrogen-bond donors (Lipinski definition) is 0. The molecule has 0 fully saturated rings. The van der Waals surface area contributed by atoms with E-state index in [1.807, 2.05) is 54.6 Å². The lowest BCUT2D eigenvalue weighted by atomic mass is 9.61. The van der Waals surface area contributed by atoms with Crippen molar-refractivity contribution in [3.8, 4) is 11.5 Å². The van der Waals surface area contributed by atoms with Crippen LogP contribution in [0.1, 0.15) is 22.3 Å². The van der Waals surface area contributed by atoms with Crippen molar-refractivity contribution in [1.29, 1.82) is 0 Å². The van der Waals surface area contributed by atoms with Crippen LogP contribution in [0.15, 0.2) is 149 Å². The molecule has 0 saturated carbocycles. The third-order valence-corrected chi connectivity index (χ3v) is 8.72. The highest BCUT2D eigenvalue weighted by Gasteiger charge is 2.50. The van der Waals surface area contributed by atoms with Gasteiger partial charge >= 0.3 is 0 Å². The average molecular weight is 542 g/mol. The van der Waals surface area contributed by atoms with Crippen LogP contribution in [0, 0.1) is 0 Å². The first-order chi connectivity index (χ1) is 20.7. The van der Waals surface area contributed by atoms with Gasteiger partial charge in [-0.2, -0.15) is 0 Å².